The lowest BCUT2D eigenvalue weighted by molar-refractivity contribution is -0.00466. The first-order valence-corrected chi connectivity index (χ1v) is 4.98. The number of hydrogen-bond donors (Lipinski definition) is 1. The van der Waals surface area contributed by atoms with Gasteiger partial charge in [-0.05, 0) is 26.7 Å². The van der Waals surface area contributed by atoms with Gasteiger partial charge in [0.1, 0.15) is 0 Å². The van der Waals surface area contributed by atoms with Gasteiger partial charge in [0.25, 0.3) is 0 Å². The molecule has 0 radical (unpaired) electrons. The van der Waals surface area contributed by atoms with Gasteiger partial charge in [-0.1, -0.05) is 0 Å². The summed E-state index contributed by atoms with van der Waals surface area (Å²) in [5.74, 6) is 5.96. The van der Waals surface area contributed by atoms with Crippen LogP contribution in [0.4, 0.5) is 0 Å². The van der Waals surface area contributed by atoms with Gasteiger partial charge < -0.3 is 10.0 Å². The Kier molecular flexibility index (Phi) is 3.77. The molecule has 13 heavy (non-hydrogen) atoms. The van der Waals surface area contributed by atoms with E-state index in [4.69, 9.17) is 0 Å². The minimum absolute atomic E-state index is 0.424. The maximum atomic E-state index is 9.71. The van der Waals surface area contributed by atoms with Crippen LogP contribution in [0.25, 0.3) is 0 Å². The van der Waals surface area contributed by atoms with Gasteiger partial charge in [0, 0.05) is 26.1 Å². The van der Waals surface area contributed by atoms with E-state index in [9.17, 15) is 5.11 Å². The van der Waals surface area contributed by atoms with Gasteiger partial charge in [-0.15, -0.1) is 11.8 Å². The van der Waals surface area contributed by atoms with Gasteiger partial charge in [-0.2, -0.15) is 0 Å². The lowest BCUT2D eigenvalue weighted by Gasteiger charge is -2.35. The van der Waals surface area contributed by atoms with E-state index >= 15 is 0 Å². The summed E-state index contributed by atoms with van der Waals surface area (Å²) in [5.41, 5.74) is -0.424. The van der Waals surface area contributed by atoms with E-state index < -0.39 is 5.60 Å². The molecule has 0 bridgehead atoms. The molecular weight excluding hydrogens is 162 g/mol. The monoisotopic (exact) mass is 181 g/mol. The fraction of sp³-hybridized carbons (Fsp3) is 0.818. The molecule has 1 heterocycles. The van der Waals surface area contributed by atoms with Crippen molar-refractivity contribution in [3.63, 3.8) is 0 Å². The highest BCUT2D eigenvalue weighted by Gasteiger charge is 2.26. The van der Waals surface area contributed by atoms with Crippen LogP contribution in [-0.4, -0.2) is 35.2 Å². The van der Waals surface area contributed by atoms with Crippen LogP contribution >= 0.6 is 0 Å². The molecule has 0 spiro atoms. The van der Waals surface area contributed by atoms with Crippen molar-refractivity contribution in [2.45, 2.75) is 38.7 Å². The fourth-order valence-corrected chi connectivity index (χ4v) is 1.60. The van der Waals surface area contributed by atoms with E-state index in [0.29, 0.717) is 0 Å². The van der Waals surface area contributed by atoms with Crippen molar-refractivity contribution in [1.29, 1.82) is 0 Å². The molecule has 2 heteroatoms. The number of hydrogen-bond acceptors (Lipinski definition) is 2. The highest BCUT2D eigenvalue weighted by Crippen LogP contribution is 2.20. The molecule has 1 fully saturated rings. The van der Waals surface area contributed by atoms with Gasteiger partial charge in [0.05, 0.1) is 5.60 Å². The van der Waals surface area contributed by atoms with E-state index in [-0.39, 0.29) is 0 Å². The Bertz CT molecular complexity index is 202. The SMILES string of the molecule is CC#CCCN1CCC(C)(O)CC1. The summed E-state index contributed by atoms with van der Waals surface area (Å²) < 4.78 is 0. The average molecular weight is 181 g/mol. The van der Waals surface area contributed by atoms with E-state index in [2.05, 4.69) is 16.7 Å². The Labute approximate surface area is 80.9 Å². The van der Waals surface area contributed by atoms with Crippen LogP contribution in [0.15, 0.2) is 0 Å². The van der Waals surface area contributed by atoms with Crippen LogP contribution in [0.2, 0.25) is 0 Å². The fourth-order valence-electron chi connectivity index (χ4n) is 1.60. The van der Waals surface area contributed by atoms with Crippen molar-refractivity contribution in [3.05, 3.63) is 0 Å². The zero-order valence-electron chi connectivity index (χ0n) is 8.64. The summed E-state index contributed by atoms with van der Waals surface area (Å²) in [7, 11) is 0. The van der Waals surface area contributed by atoms with Gasteiger partial charge >= 0.3 is 0 Å². The second-order valence-electron chi connectivity index (χ2n) is 4.02. The van der Waals surface area contributed by atoms with Gasteiger partial charge in [0.2, 0.25) is 0 Å². The number of nitrogens with zero attached hydrogens (tertiary/aromatic N) is 1. The maximum absolute atomic E-state index is 9.71. The van der Waals surface area contributed by atoms with Gasteiger partial charge in [0.15, 0.2) is 0 Å². The predicted octanol–water partition coefficient (Wildman–Crippen LogP) is 1.25. The second-order valence-corrected chi connectivity index (χ2v) is 4.02. The Morgan fingerprint density at radius 2 is 2.00 bits per heavy atom. The van der Waals surface area contributed by atoms with Crippen molar-refractivity contribution >= 4 is 0 Å². The van der Waals surface area contributed by atoms with E-state index in [1.807, 2.05) is 13.8 Å². The molecule has 0 aromatic carbocycles. The molecule has 2 nitrogen and oxygen atoms in total. The molecule has 0 saturated carbocycles. The first-order valence-electron chi connectivity index (χ1n) is 4.98. The Morgan fingerprint density at radius 1 is 1.38 bits per heavy atom. The lowest BCUT2D eigenvalue weighted by Crippen LogP contribution is -2.42. The van der Waals surface area contributed by atoms with Crippen molar-refractivity contribution in [2.75, 3.05) is 19.6 Å². The number of likely N-dealkylation sites (tertiary alicyclic amines) is 1. The maximum Gasteiger partial charge on any atom is 0.0644 e. The highest BCUT2D eigenvalue weighted by molar-refractivity contribution is 4.95. The summed E-state index contributed by atoms with van der Waals surface area (Å²) >= 11 is 0. The van der Waals surface area contributed by atoms with E-state index in [1.54, 1.807) is 0 Å². The lowest BCUT2D eigenvalue weighted by atomic mass is 9.94. The van der Waals surface area contributed by atoms with Gasteiger partial charge in [-0.3, -0.25) is 0 Å². The number of rotatable bonds is 2. The molecule has 1 N–H and O–H groups in total. The topological polar surface area (TPSA) is 23.5 Å². The Hall–Kier alpha value is -0.520. The predicted molar refractivity (Wildman–Crippen MR) is 54.4 cm³/mol. The summed E-state index contributed by atoms with van der Waals surface area (Å²) in [6, 6.07) is 0. The molecule has 1 rings (SSSR count). The molecule has 1 saturated heterocycles. The number of piperidine rings is 1. The Balaban J connectivity index is 2.20. The molecule has 0 atom stereocenters. The molecule has 0 aromatic heterocycles. The molecular formula is C11H19NO. The molecule has 0 unspecified atom stereocenters. The molecule has 0 aromatic rings. The van der Waals surface area contributed by atoms with Crippen molar-refractivity contribution in [1.82, 2.24) is 4.90 Å². The molecule has 0 aliphatic carbocycles. The van der Waals surface area contributed by atoms with Crippen LogP contribution in [0.5, 0.6) is 0 Å². The highest BCUT2D eigenvalue weighted by atomic mass is 16.3. The van der Waals surface area contributed by atoms with Crippen molar-refractivity contribution in [2.24, 2.45) is 0 Å². The van der Waals surface area contributed by atoms with Crippen LogP contribution < -0.4 is 0 Å². The minimum atomic E-state index is -0.424. The van der Waals surface area contributed by atoms with E-state index in [1.165, 1.54) is 0 Å². The van der Waals surface area contributed by atoms with Crippen LogP contribution in [0.3, 0.4) is 0 Å². The Morgan fingerprint density at radius 3 is 2.54 bits per heavy atom. The standard InChI is InChI=1S/C11H19NO/c1-3-4-5-8-12-9-6-11(2,13)7-10-12/h13H,5-10H2,1-2H3. The summed E-state index contributed by atoms with van der Waals surface area (Å²) in [6.45, 7) is 6.88. The third-order valence-corrected chi connectivity index (χ3v) is 2.66. The van der Waals surface area contributed by atoms with Crippen molar-refractivity contribution < 1.29 is 5.11 Å². The normalized spacial score (nSPS) is 22.1. The van der Waals surface area contributed by atoms with Crippen LogP contribution in [-0.2, 0) is 0 Å². The first-order chi connectivity index (χ1) is 6.14. The molecule has 1 aliphatic rings. The average Bonchev–Trinajstić information content (AvgIpc) is 2.08. The van der Waals surface area contributed by atoms with Crippen molar-refractivity contribution in [3.8, 4) is 11.8 Å². The zero-order valence-corrected chi connectivity index (χ0v) is 8.64. The largest absolute Gasteiger partial charge is 0.390 e. The molecule has 1 aliphatic heterocycles. The summed E-state index contributed by atoms with van der Waals surface area (Å²) in [5, 5.41) is 9.71. The summed E-state index contributed by atoms with van der Waals surface area (Å²) in [4.78, 5) is 2.38. The first kappa shape index (κ1) is 10.6. The molecule has 74 valence electrons. The smallest absolute Gasteiger partial charge is 0.0644 e. The quantitative estimate of drug-likeness (QED) is 0.648. The molecule has 0 amide bonds. The number of aliphatic hydroxyl groups is 1. The minimum Gasteiger partial charge on any atom is -0.390 e. The zero-order chi connectivity index (χ0) is 9.73. The third-order valence-electron chi connectivity index (χ3n) is 2.66. The van der Waals surface area contributed by atoms with Gasteiger partial charge in [-0.25, -0.2) is 0 Å². The van der Waals surface area contributed by atoms with Crippen LogP contribution in [0, 0.1) is 11.8 Å². The van der Waals surface area contributed by atoms with Crippen LogP contribution in [0.1, 0.15) is 33.1 Å². The third kappa shape index (κ3) is 3.80. The second kappa shape index (κ2) is 4.64. The summed E-state index contributed by atoms with van der Waals surface area (Å²) in [6.07, 6.45) is 2.75. The van der Waals surface area contributed by atoms with E-state index in [0.717, 1.165) is 38.9 Å².